The van der Waals surface area contributed by atoms with E-state index in [-0.39, 0.29) is 46.2 Å². The van der Waals surface area contributed by atoms with Crippen LogP contribution in [0.15, 0.2) is 66.7 Å². The largest absolute Gasteiger partial charge is 0.527 e. The van der Waals surface area contributed by atoms with Crippen LogP contribution in [0.1, 0.15) is 89.3 Å². The summed E-state index contributed by atoms with van der Waals surface area (Å²) in [5.41, 5.74) is 3.40. The van der Waals surface area contributed by atoms with Crippen molar-refractivity contribution >= 4 is 7.82 Å². The molecule has 2 N–H and O–H groups in total. The van der Waals surface area contributed by atoms with Crippen molar-refractivity contribution in [3.63, 3.8) is 0 Å². The van der Waals surface area contributed by atoms with E-state index in [9.17, 15) is 14.6 Å². The highest BCUT2D eigenvalue weighted by Gasteiger charge is 2.95. The van der Waals surface area contributed by atoms with Crippen LogP contribution in [0.3, 0.4) is 0 Å². The van der Waals surface area contributed by atoms with Crippen LogP contribution in [0.2, 0.25) is 0 Å². The van der Waals surface area contributed by atoms with Crippen LogP contribution >= 0.6 is 7.82 Å². The number of aryl methyl sites for hydroxylation is 1. The van der Waals surface area contributed by atoms with E-state index in [4.69, 9.17) is 18.5 Å². The van der Waals surface area contributed by atoms with E-state index in [1.807, 2.05) is 31.2 Å². The normalized spacial score (nSPS) is 37.9. The van der Waals surface area contributed by atoms with Gasteiger partial charge in [0.05, 0.1) is 17.7 Å². The van der Waals surface area contributed by atoms with Gasteiger partial charge < -0.3 is 19.1 Å². The minimum absolute atomic E-state index is 0.0573. The summed E-state index contributed by atoms with van der Waals surface area (Å²) in [5, 5.41) is 12.5. The Kier molecular flexibility index (Phi) is 6.98. The maximum Gasteiger partial charge on any atom is 0.527 e. The van der Waals surface area contributed by atoms with Gasteiger partial charge in [0, 0.05) is 42.0 Å². The zero-order chi connectivity index (χ0) is 36.1. The highest BCUT2D eigenvalue weighted by Crippen LogP contribution is 2.90. The second-order valence-corrected chi connectivity index (χ2v) is 19.8. The Bertz CT molecular complexity index is 1990. The Morgan fingerprint density at radius 2 is 1.71 bits per heavy atom. The molecule has 8 aliphatic rings. The zero-order valence-corrected chi connectivity index (χ0v) is 32.0. The number of aliphatic hydroxyl groups is 1. The average Bonchev–Trinajstić information content (AvgIpc) is 3.96. The van der Waals surface area contributed by atoms with Gasteiger partial charge >= 0.3 is 7.82 Å². The number of benzene rings is 3. The summed E-state index contributed by atoms with van der Waals surface area (Å²) < 4.78 is 38.9. The lowest BCUT2D eigenvalue weighted by molar-refractivity contribution is -0.290. The monoisotopic (exact) mass is 725 g/mol. The van der Waals surface area contributed by atoms with Gasteiger partial charge in [-0.2, -0.15) is 0 Å². The molecular formula is C43H52NO7P. The molecule has 6 aliphatic carbocycles. The lowest BCUT2D eigenvalue weighted by atomic mass is 9.38. The number of phosphoric acid groups is 1. The third kappa shape index (κ3) is 4.20. The van der Waals surface area contributed by atoms with Gasteiger partial charge in [-0.25, -0.2) is 4.57 Å². The summed E-state index contributed by atoms with van der Waals surface area (Å²) in [7, 11) is -2.68. The first-order valence-electron chi connectivity index (χ1n) is 19.4. The van der Waals surface area contributed by atoms with Crippen LogP contribution < -0.4 is 9.26 Å². The third-order valence-electron chi connectivity index (χ3n) is 15.3. The van der Waals surface area contributed by atoms with E-state index in [1.54, 1.807) is 7.11 Å². The summed E-state index contributed by atoms with van der Waals surface area (Å²) in [6, 6.07) is 23.1. The molecule has 8 nitrogen and oxygen atoms in total. The molecule has 0 amide bonds. The van der Waals surface area contributed by atoms with E-state index in [1.165, 1.54) is 29.5 Å². The van der Waals surface area contributed by atoms with Gasteiger partial charge in [0.25, 0.3) is 0 Å². The van der Waals surface area contributed by atoms with Crippen LogP contribution in [0.25, 0.3) is 11.1 Å². The molecule has 6 fully saturated rings. The first kappa shape index (κ1) is 33.8. The van der Waals surface area contributed by atoms with E-state index in [0.29, 0.717) is 24.6 Å². The van der Waals surface area contributed by atoms with Crippen LogP contribution in [0, 0.1) is 22.7 Å². The average molecular weight is 726 g/mol. The van der Waals surface area contributed by atoms with Crippen molar-refractivity contribution in [1.82, 2.24) is 4.90 Å². The standard InChI is InChI=1S/C43H52NO7P/c1-38(2,3)39(4,45)33-24-40-21-22-43(33,48-5)37-41(40)26-42(36(40)44(42)25-28-13-14-28)31-19-20-32(35(50-37)34(31)41)51-52(46,47)49-23-9-10-27-15-17-30(18-16-27)29-11-7-6-8-12-29/h6-8,11-12,15-20,28,33,36-37,45H,9-10,13-14,21-26H2,1-5H3,(H,46,47). The molecule has 1 saturated heterocycles. The molecule has 3 spiro atoms. The predicted octanol–water partition coefficient (Wildman–Crippen LogP) is 8.17. The van der Waals surface area contributed by atoms with E-state index >= 15 is 0 Å². The Hall–Kier alpha value is -2.71. The molecule has 10 atom stereocenters. The summed E-state index contributed by atoms with van der Waals surface area (Å²) in [4.78, 5) is 13.9. The lowest BCUT2D eigenvalue weighted by Gasteiger charge is -2.69. The zero-order valence-electron chi connectivity index (χ0n) is 31.1. The van der Waals surface area contributed by atoms with Crippen molar-refractivity contribution in [3.05, 3.63) is 83.4 Å². The van der Waals surface area contributed by atoms with E-state index in [2.05, 4.69) is 68.1 Å². The van der Waals surface area contributed by atoms with Crippen molar-refractivity contribution in [2.24, 2.45) is 22.7 Å². The number of hydrogen-bond donors (Lipinski definition) is 2. The Labute approximate surface area is 307 Å². The van der Waals surface area contributed by atoms with E-state index in [0.717, 1.165) is 49.3 Å². The Morgan fingerprint density at radius 1 is 0.981 bits per heavy atom. The quantitative estimate of drug-likeness (QED) is 0.110. The minimum Gasteiger partial charge on any atom is -0.482 e. The Morgan fingerprint density at radius 3 is 2.40 bits per heavy atom. The summed E-state index contributed by atoms with van der Waals surface area (Å²) >= 11 is 0. The molecule has 3 aromatic rings. The number of phosphoric ester groups is 1. The van der Waals surface area contributed by atoms with Crippen molar-refractivity contribution in [2.75, 3.05) is 20.3 Å². The third-order valence-corrected chi connectivity index (χ3v) is 16.3. The number of nitrogens with zero attached hydrogens (tertiary/aromatic N) is 1. The van der Waals surface area contributed by atoms with Gasteiger partial charge in [-0.05, 0) is 97.9 Å². The van der Waals surface area contributed by atoms with Gasteiger partial charge in [0.2, 0.25) is 0 Å². The van der Waals surface area contributed by atoms with E-state index < -0.39 is 19.0 Å². The maximum absolute atomic E-state index is 13.6. The molecule has 10 unspecified atom stereocenters. The van der Waals surface area contributed by atoms with Crippen molar-refractivity contribution < 1.29 is 33.1 Å². The first-order valence-corrected chi connectivity index (χ1v) is 20.9. The highest BCUT2D eigenvalue weighted by molar-refractivity contribution is 7.47. The van der Waals surface area contributed by atoms with Crippen molar-refractivity contribution in [2.45, 2.75) is 113 Å². The number of fused-ring (bicyclic) bond motifs is 2. The molecular weight excluding hydrogens is 673 g/mol. The molecule has 5 saturated carbocycles. The Balaban J connectivity index is 0.934. The molecule has 9 heteroatoms. The van der Waals surface area contributed by atoms with Crippen LogP contribution in [-0.2, 0) is 31.2 Å². The van der Waals surface area contributed by atoms with Gasteiger partial charge in [-0.1, -0.05) is 81.4 Å². The molecule has 4 bridgehead atoms. The second-order valence-electron chi connectivity index (χ2n) is 18.4. The van der Waals surface area contributed by atoms with Crippen LogP contribution in [-0.4, -0.2) is 58.5 Å². The summed E-state index contributed by atoms with van der Waals surface area (Å²) in [5.74, 6) is 1.46. The summed E-state index contributed by atoms with van der Waals surface area (Å²) in [6.07, 6.45) is 7.25. The fraction of sp³-hybridized carbons (Fsp3) is 0.581. The number of methoxy groups -OCH3 is 1. The van der Waals surface area contributed by atoms with Crippen LogP contribution in [0.4, 0.5) is 0 Å². The molecule has 276 valence electrons. The topological polar surface area (TPSA) is 97.5 Å². The second kappa shape index (κ2) is 10.7. The fourth-order valence-corrected chi connectivity index (χ4v) is 13.2. The van der Waals surface area contributed by atoms with Gasteiger partial charge in [0.15, 0.2) is 11.5 Å². The molecule has 0 radical (unpaired) electrons. The fourth-order valence-electron chi connectivity index (χ4n) is 12.4. The number of likely N-dealkylation sites (tertiary alicyclic amines) is 1. The minimum atomic E-state index is -4.47. The number of hydrogen-bond acceptors (Lipinski definition) is 7. The number of piperidine rings is 1. The first-order chi connectivity index (χ1) is 24.7. The maximum atomic E-state index is 13.6. The van der Waals surface area contributed by atoms with Crippen LogP contribution in [0.5, 0.6) is 11.5 Å². The summed E-state index contributed by atoms with van der Waals surface area (Å²) in [6.45, 7) is 9.58. The SMILES string of the molecule is COC12CCC3(CC1C(C)(O)C(C)(C)C)C1N(CC4CC4)C14CC31c3c4ccc(OP(=O)(O)OCCCc4ccc(-c5ccccc5)cc4)c3OC21. The highest BCUT2D eigenvalue weighted by atomic mass is 31.2. The van der Waals surface area contributed by atoms with Gasteiger partial charge in [-0.15, -0.1) is 0 Å². The molecule has 2 aliphatic heterocycles. The number of rotatable bonds is 12. The van der Waals surface area contributed by atoms with Gasteiger partial charge in [0.1, 0.15) is 11.7 Å². The molecule has 3 aromatic carbocycles. The van der Waals surface area contributed by atoms with Crippen molar-refractivity contribution in [1.29, 1.82) is 0 Å². The van der Waals surface area contributed by atoms with Gasteiger partial charge in [-0.3, -0.25) is 14.3 Å². The van der Waals surface area contributed by atoms with Crippen molar-refractivity contribution in [3.8, 4) is 22.6 Å². The smallest absolute Gasteiger partial charge is 0.482 e. The lowest BCUT2D eigenvalue weighted by Crippen LogP contribution is -2.77. The number of ether oxygens (including phenoxy) is 2. The molecule has 0 aromatic heterocycles. The molecule has 52 heavy (non-hydrogen) atoms. The molecule has 11 rings (SSSR count). The predicted molar refractivity (Wildman–Crippen MR) is 198 cm³/mol. The molecule has 2 heterocycles.